The highest BCUT2D eigenvalue weighted by Gasteiger charge is 2.32. The van der Waals surface area contributed by atoms with Gasteiger partial charge in [-0.25, -0.2) is 26.7 Å². The van der Waals surface area contributed by atoms with Gasteiger partial charge in [-0.05, 0) is 35.9 Å². The van der Waals surface area contributed by atoms with Gasteiger partial charge in [-0.15, -0.1) is 0 Å². The zero-order valence-electron chi connectivity index (χ0n) is 15.9. The van der Waals surface area contributed by atoms with Gasteiger partial charge >= 0.3 is 0 Å². The number of hydrogen-bond donors (Lipinski definition) is 2. The first-order valence-corrected chi connectivity index (χ1v) is 11.7. The van der Waals surface area contributed by atoms with E-state index in [1.165, 1.54) is 49.6 Å². The van der Waals surface area contributed by atoms with Gasteiger partial charge in [-0.3, -0.25) is 14.5 Å². The minimum absolute atomic E-state index is 0.0370. The summed E-state index contributed by atoms with van der Waals surface area (Å²) in [5, 5.41) is 5.04. The number of nitrogens with zero attached hydrogens (tertiary/aromatic N) is 1. The maximum absolute atomic E-state index is 12.8. The second-order valence-corrected chi connectivity index (χ2v) is 9.77. The van der Waals surface area contributed by atoms with E-state index in [9.17, 15) is 26.4 Å². The summed E-state index contributed by atoms with van der Waals surface area (Å²) in [7, 11) is -6.65. The van der Waals surface area contributed by atoms with E-state index in [-0.39, 0.29) is 40.6 Å². The molecular weight excluding hydrogens is 434 g/mol. The highest BCUT2D eigenvalue weighted by molar-refractivity contribution is 7.89. The Hall–Kier alpha value is -2.80. The summed E-state index contributed by atoms with van der Waals surface area (Å²) in [5.41, 5.74) is 0.632. The fraction of sp³-hybridized carbons (Fsp3) is 0.222. The third-order valence-electron chi connectivity index (χ3n) is 4.46. The number of primary sulfonamides is 1. The molecule has 1 fully saturated rings. The summed E-state index contributed by atoms with van der Waals surface area (Å²) < 4.78 is 55.8. The Kier molecular flexibility index (Phi) is 5.94. The van der Waals surface area contributed by atoms with E-state index in [0.717, 1.165) is 4.90 Å². The van der Waals surface area contributed by atoms with E-state index < -0.39 is 31.9 Å². The van der Waals surface area contributed by atoms with Crippen LogP contribution >= 0.6 is 0 Å². The quantitative estimate of drug-likeness (QED) is 0.578. The Labute approximate surface area is 173 Å². The monoisotopic (exact) mass is 453 g/mol. The first kappa shape index (κ1) is 21.9. The number of imide groups is 1. The normalized spacial score (nSPS) is 14.9. The van der Waals surface area contributed by atoms with Gasteiger partial charge in [0.2, 0.25) is 31.9 Å². The lowest BCUT2D eigenvalue weighted by Crippen LogP contribution is -2.29. The minimum atomic E-state index is -4.09. The molecule has 0 unspecified atom stereocenters. The van der Waals surface area contributed by atoms with E-state index in [1.54, 1.807) is 0 Å². The van der Waals surface area contributed by atoms with Crippen LogP contribution in [0.25, 0.3) is 0 Å². The molecular formula is C18H19N3O7S2. The Balaban J connectivity index is 1.87. The van der Waals surface area contributed by atoms with Gasteiger partial charge in [0.15, 0.2) is 0 Å². The molecule has 0 radical (unpaired) electrons. The Morgan fingerprint density at radius 3 is 2.13 bits per heavy atom. The molecule has 3 N–H and O–H groups in total. The molecule has 0 spiro atoms. The molecule has 30 heavy (non-hydrogen) atoms. The van der Waals surface area contributed by atoms with Crippen LogP contribution in [0.4, 0.5) is 5.69 Å². The summed E-state index contributed by atoms with van der Waals surface area (Å²) in [5.74, 6) is -0.775. The van der Waals surface area contributed by atoms with Gasteiger partial charge in [0.25, 0.3) is 0 Å². The van der Waals surface area contributed by atoms with Gasteiger partial charge < -0.3 is 4.74 Å². The second-order valence-electron chi connectivity index (χ2n) is 6.47. The van der Waals surface area contributed by atoms with Gasteiger partial charge in [-0.2, -0.15) is 0 Å². The van der Waals surface area contributed by atoms with Gasteiger partial charge in [-0.1, -0.05) is 12.1 Å². The summed E-state index contributed by atoms with van der Waals surface area (Å²) in [6, 6.07) is 9.39. The second kappa shape index (κ2) is 8.14. The summed E-state index contributed by atoms with van der Waals surface area (Å²) >= 11 is 0. The zero-order valence-corrected chi connectivity index (χ0v) is 17.5. The number of methoxy groups -OCH3 is 1. The molecule has 0 aliphatic carbocycles. The van der Waals surface area contributed by atoms with Crippen LogP contribution in [-0.2, 0) is 36.2 Å². The average Bonchev–Trinajstić information content (AvgIpc) is 3.04. The minimum Gasteiger partial charge on any atom is -0.495 e. The fourth-order valence-corrected chi connectivity index (χ4v) is 4.65. The van der Waals surface area contributed by atoms with Crippen LogP contribution in [-0.4, -0.2) is 35.8 Å². The van der Waals surface area contributed by atoms with Crippen molar-refractivity contribution in [2.75, 3.05) is 12.0 Å². The Bertz CT molecular complexity index is 1190. The molecule has 10 nitrogen and oxygen atoms in total. The van der Waals surface area contributed by atoms with Crippen molar-refractivity contribution in [1.29, 1.82) is 0 Å². The lowest BCUT2D eigenvalue weighted by molar-refractivity contribution is -0.121. The molecule has 1 aliphatic rings. The van der Waals surface area contributed by atoms with E-state index in [2.05, 4.69) is 4.72 Å². The average molecular weight is 453 g/mol. The molecule has 2 amide bonds. The van der Waals surface area contributed by atoms with Crippen LogP contribution < -0.4 is 19.5 Å². The molecule has 0 atom stereocenters. The number of anilines is 1. The number of nitrogens with one attached hydrogen (secondary N) is 1. The smallest absolute Gasteiger partial charge is 0.244 e. The van der Waals surface area contributed by atoms with Crippen molar-refractivity contribution >= 4 is 37.5 Å². The number of nitrogens with two attached hydrogens (primary N) is 1. The van der Waals surface area contributed by atoms with Gasteiger partial charge in [0.1, 0.15) is 10.6 Å². The largest absolute Gasteiger partial charge is 0.495 e. The number of benzene rings is 2. The molecule has 2 aromatic rings. The summed E-state index contributed by atoms with van der Waals surface area (Å²) in [6.07, 6.45) is 0.138. The van der Waals surface area contributed by atoms with Crippen molar-refractivity contribution in [2.45, 2.75) is 29.2 Å². The fourth-order valence-electron chi connectivity index (χ4n) is 2.93. The van der Waals surface area contributed by atoms with Gasteiger partial charge in [0, 0.05) is 19.4 Å². The third-order valence-corrected chi connectivity index (χ3v) is 6.82. The Morgan fingerprint density at radius 1 is 1.00 bits per heavy atom. The third kappa shape index (κ3) is 4.51. The van der Waals surface area contributed by atoms with Crippen molar-refractivity contribution in [1.82, 2.24) is 4.72 Å². The number of amides is 2. The maximum Gasteiger partial charge on any atom is 0.244 e. The first-order valence-electron chi connectivity index (χ1n) is 8.68. The van der Waals surface area contributed by atoms with Crippen molar-refractivity contribution in [3.8, 4) is 5.75 Å². The molecule has 0 aromatic heterocycles. The van der Waals surface area contributed by atoms with Crippen molar-refractivity contribution in [3.63, 3.8) is 0 Å². The van der Waals surface area contributed by atoms with Crippen LogP contribution in [0.1, 0.15) is 18.4 Å². The molecule has 12 heteroatoms. The highest BCUT2D eigenvalue weighted by Crippen LogP contribution is 2.31. The lowest BCUT2D eigenvalue weighted by atomic mass is 10.2. The van der Waals surface area contributed by atoms with E-state index in [0.29, 0.717) is 5.56 Å². The number of rotatable bonds is 7. The summed E-state index contributed by atoms with van der Waals surface area (Å²) in [4.78, 5) is 24.5. The van der Waals surface area contributed by atoms with Crippen molar-refractivity contribution < 1.29 is 31.2 Å². The molecule has 3 rings (SSSR count). The maximum atomic E-state index is 12.8. The number of ether oxygens (including phenoxy) is 1. The lowest BCUT2D eigenvalue weighted by Gasteiger charge is -2.17. The molecule has 1 aliphatic heterocycles. The standard InChI is InChI=1S/C18H19N3O7S2/c1-28-15-7-4-13(21-17(22)8-9-18(21)23)10-16(15)30(26,27)20-11-12-2-5-14(6-3-12)29(19,24)25/h2-7,10,20H,8-9,11H2,1H3,(H2,19,24,25). The molecule has 0 saturated carbocycles. The number of carbonyl (C=O) groups is 2. The highest BCUT2D eigenvalue weighted by atomic mass is 32.2. The topological polar surface area (TPSA) is 153 Å². The summed E-state index contributed by atoms with van der Waals surface area (Å²) in [6.45, 7) is -0.137. The predicted molar refractivity (Wildman–Crippen MR) is 107 cm³/mol. The van der Waals surface area contributed by atoms with E-state index in [4.69, 9.17) is 9.88 Å². The number of hydrogen-bond acceptors (Lipinski definition) is 7. The molecule has 1 saturated heterocycles. The first-order chi connectivity index (χ1) is 14.0. The molecule has 0 bridgehead atoms. The number of sulfonamides is 2. The molecule has 160 valence electrons. The Morgan fingerprint density at radius 2 is 1.60 bits per heavy atom. The predicted octanol–water partition coefficient (Wildman–Crippen LogP) is 0.475. The van der Waals surface area contributed by atoms with E-state index in [1.807, 2.05) is 0 Å². The van der Waals surface area contributed by atoms with Crippen LogP contribution in [0.2, 0.25) is 0 Å². The van der Waals surface area contributed by atoms with Crippen molar-refractivity contribution in [2.24, 2.45) is 5.14 Å². The molecule has 2 aromatic carbocycles. The number of carbonyl (C=O) groups excluding carboxylic acids is 2. The van der Waals surface area contributed by atoms with Crippen LogP contribution in [0.3, 0.4) is 0 Å². The van der Waals surface area contributed by atoms with Crippen molar-refractivity contribution in [3.05, 3.63) is 48.0 Å². The van der Waals surface area contributed by atoms with E-state index >= 15 is 0 Å². The molecule has 1 heterocycles. The van der Waals surface area contributed by atoms with Crippen LogP contribution in [0.5, 0.6) is 5.75 Å². The van der Waals surface area contributed by atoms with Crippen LogP contribution in [0, 0.1) is 0 Å². The zero-order chi connectivity index (χ0) is 22.1. The van der Waals surface area contributed by atoms with Crippen LogP contribution in [0.15, 0.2) is 52.3 Å². The van der Waals surface area contributed by atoms with Gasteiger partial charge in [0.05, 0.1) is 17.7 Å². The SMILES string of the molecule is COc1ccc(N2C(=O)CCC2=O)cc1S(=O)(=O)NCc1ccc(S(N)(=O)=O)cc1.